The monoisotopic (exact) mass is 268 g/mol. The molecule has 5 heteroatoms. The Morgan fingerprint density at radius 3 is 3.06 bits per heavy atom. The maximum atomic E-state index is 12.6. The van der Waals surface area contributed by atoms with Gasteiger partial charge in [-0.25, -0.2) is 0 Å². The molecule has 0 aliphatic carbocycles. The molecule has 1 aliphatic heterocycles. The lowest BCUT2D eigenvalue weighted by Crippen LogP contribution is -2.51. The van der Waals surface area contributed by atoms with Crippen LogP contribution in [-0.4, -0.2) is 43.1 Å². The van der Waals surface area contributed by atoms with E-state index in [2.05, 4.69) is 19.2 Å². The van der Waals surface area contributed by atoms with Crippen molar-refractivity contribution in [3.63, 3.8) is 0 Å². The van der Waals surface area contributed by atoms with E-state index in [9.17, 15) is 4.79 Å². The summed E-state index contributed by atoms with van der Waals surface area (Å²) in [7, 11) is 1.61. The summed E-state index contributed by atoms with van der Waals surface area (Å²) in [5.74, 6) is 0.758. The Labute approximate surface area is 112 Å². The molecule has 0 radical (unpaired) electrons. The van der Waals surface area contributed by atoms with E-state index in [1.807, 2.05) is 16.3 Å². The third-order valence-corrected chi connectivity index (χ3v) is 4.20. The maximum absolute atomic E-state index is 12.6. The van der Waals surface area contributed by atoms with Crippen LogP contribution in [0.25, 0.3) is 0 Å². The van der Waals surface area contributed by atoms with Gasteiger partial charge in [0.25, 0.3) is 5.91 Å². The van der Waals surface area contributed by atoms with Crippen molar-refractivity contribution >= 4 is 17.2 Å². The Hall–Kier alpha value is -1.07. The fraction of sp³-hybridized carbons (Fsp3) is 0.615. The zero-order valence-corrected chi connectivity index (χ0v) is 12.0. The quantitative estimate of drug-likeness (QED) is 0.891. The zero-order chi connectivity index (χ0) is 13.2. The van der Waals surface area contributed by atoms with Crippen molar-refractivity contribution in [3.8, 4) is 5.75 Å². The van der Waals surface area contributed by atoms with Crippen molar-refractivity contribution in [2.75, 3.05) is 26.7 Å². The molecule has 1 saturated heterocycles. The molecule has 100 valence electrons. The fourth-order valence-corrected chi connectivity index (χ4v) is 3.07. The summed E-state index contributed by atoms with van der Waals surface area (Å²) < 4.78 is 5.24. The number of carbonyl (C=O) groups excluding carboxylic acids is 1. The molecule has 0 spiro atoms. The van der Waals surface area contributed by atoms with Crippen molar-refractivity contribution in [3.05, 3.63) is 16.3 Å². The second kappa shape index (κ2) is 5.28. The molecule has 0 aromatic carbocycles. The van der Waals surface area contributed by atoms with Gasteiger partial charge in [0.2, 0.25) is 0 Å². The zero-order valence-electron chi connectivity index (χ0n) is 11.2. The number of ether oxygens (including phenoxy) is 1. The van der Waals surface area contributed by atoms with E-state index < -0.39 is 0 Å². The predicted molar refractivity (Wildman–Crippen MR) is 73.5 cm³/mol. The number of methoxy groups -OCH3 is 1. The number of hydrogen-bond acceptors (Lipinski definition) is 4. The summed E-state index contributed by atoms with van der Waals surface area (Å²) in [6, 6.07) is 1.85. The van der Waals surface area contributed by atoms with Crippen LogP contribution in [0.2, 0.25) is 0 Å². The lowest BCUT2D eigenvalue weighted by atomic mass is 10.0. The number of hydrogen-bond donors (Lipinski definition) is 1. The highest BCUT2D eigenvalue weighted by molar-refractivity contribution is 7.12. The van der Waals surface area contributed by atoms with E-state index >= 15 is 0 Å². The lowest BCUT2D eigenvalue weighted by molar-refractivity contribution is 0.0580. The molecule has 1 aliphatic rings. The number of rotatable bonds is 2. The first kappa shape index (κ1) is 13.4. The molecule has 2 rings (SSSR count). The van der Waals surface area contributed by atoms with Crippen molar-refractivity contribution in [2.24, 2.45) is 0 Å². The average Bonchev–Trinajstić information content (AvgIpc) is 2.73. The van der Waals surface area contributed by atoms with Crippen LogP contribution in [0.1, 0.15) is 29.9 Å². The molecule has 0 atom stereocenters. The molecule has 0 bridgehead atoms. The molecular weight excluding hydrogens is 248 g/mol. The topological polar surface area (TPSA) is 41.6 Å². The van der Waals surface area contributed by atoms with E-state index in [1.54, 1.807) is 7.11 Å². The smallest absolute Gasteiger partial charge is 0.268 e. The molecule has 1 N–H and O–H groups in total. The fourth-order valence-electron chi connectivity index (χ4n) is 2.27. The highest BCUT2D eigenvalue weighted by Gasteiger charge is 2.34. The van der Waals surface area contributed by atoms with Gasteiger partial charge in [0, 0.05) is 13.1 Å². The van der Waals surface area contributed by atoms with Crippen molar-refractivity contribution in [1.29, 1.82) is 0 Å². The van der Waals surface area contributed by atoms with Gasteiger partial charge in [-0.3, -0.25) is 4.79 Å². The van der Waals surface area contributed by atoms with E-state index in [1.165, 1.54) is 11.3 Å². The molecule has 0 unspecified atom stereocenters. The minimum atomic E-state index is -0.164. The van der Waals surface area contributed by atoms with Crippen LogP contribution in [0.3, 0.4) is 0 Å². The summed E-state index contributed by atoms with van der Waals surface area (Å²) in [5, 5.41) is 5.27. The Morgan fingerprint density at radius 2 is 2.33 bits per heavy atom. The van der Waals surface area contributed by atoms with Gasteiger partial charge >= 0.3 is 0 Å². The summed E-state index contributed by atoms with van der Waals surface area (Å²) >= 11 is 1.45. The van der Waals surface area contributed by atoms with E-state index in [0.29, 0.717) is 10.6 Å². The summed E-state index contributed by atoms with van der Waals surface area (Å²) in [6.07, 6.45) is 0.989. The standard InChI is InChI=1S/C13H20N2O2S/c1-13(2)9-14-6-4-7-15(13)12(16)11-10(17-3)5-8-18-11/h5,8,14H,4,6-7,9H2,1-3H3. The lowest BCUT2D eigenvalue weighted by Gasteiger charge is -2.36. The molecular formula is C13H20N2O2S. The van der Waals surface area contributed by atoms with Gasteiger partial charge in [-0.15, -0.1) is 11.3 Å². The van der Waals surface area contributed by atoms with Crippen molar-refractivity contribution in [2.45, 2.75) is 25.8 Å². The molecule has 0 saturated carbocycles. The minimum absolute atomic E-state index is 0.0792. The molecule has 4 nitrogen and oxygen atoms in total. The van der Waals surface area contributed by atoms with Crippen LogP contribution in [0, 0.1) is 0 Å². The largest absolute Gasteiger partial charge is 0.495 e. The molecule has 1 aromatic rings. The van der Waals surface area contributed by atoms with Crippen molar-refractivity contribution < 1.29 is 9.53 Å². The Bertz CT molecular complexity index is 428. The normalized spacial score (nSPS) is 19.4. The van der Waals surface area contributed by atoms with E-state index in [4.69, 9.17) is 4.74 Å². The van der Waals surface area contributed by atoms with E-state index in [-0.39, 0.29) is 11.4 Å². The first-order chi connectivity index (χ1) is 8.56. The third kappa shape index (κ3) is 2.52. The van der Waals surface area contributed by atoms with Crippen LogP contribution in [0.15, 0.2) is 11.4 Å². The molecule has 2 heterocycles. The molecule has 18 heavy (non-hydrogen) atoms. The first-order valence-corrected chi connectivity index (χ1v) is 7.08. The van der Waals surface area contributed by atoms with Gasteiger partial charge in [-0.05, 0) is 38.3 Å². The van der Waals surface area contributed by atoms with Crippen LogP contribution >= 0.6 is 11.3 Å². The van der Waals surface area contributed by atoms with E-state index in [0.717, 1.165) is 26.1 Å². The molecule has 1 amide bonds. The molecule has 1 aromatic heterocycles. The number of nitrogens with zero attached hydrogens (tertiary/aromatic N) is 1. The maximum Gasteiger partial charge on any atom is 0.268 e. The number of amides is 1. The van der Waals surface area contributed by atoms with Crippen LogP contribution in [0.4, 0.5) is 0 Å². The van der Waals surface area contributed by atoms with Crippen LogP contribution in [-0.2, 0) is 0 Å². The van der Waals surface area contributed by atoms with Gasteiger partial charge in [0.05, 0.1) is 12.6 Å². The van der Waals surface area contributed by atoms with Crippen LogP contribution in [0.5, 0.6) is 5.75 Å². The number of thiophene rings is 1. The van der Waals surface area contributed by atoms with Gasteiger partial charge in [0.15, 0.2) is 0 Å². The van der Waals surface area contributed by atoms with Gasteiger partial charge < -0.3 is 15.0 Å². The van der Waals surface area contributed by atoms with Gasteiger partial charge in [0.1, 0.15) is 10.6 Å². The number of carbonyl (C=O) groups is 1. The summed E-state index contributed by atoms with van der Waals surface area (Å²) in [4.78, 5) is 15.3. The summed E-state index contributed by atoms with van der Waals surface area (Å²) in [5.41, 5.74) is -0.164. The van der Waals surface area contributed by atoms with Crippen LogP contribution < -0.4 is 10.1 Å². The third-order valence-electron chi connectivity index (χ3n) is 3.31. The van der Waals surface area contributed by atoms with Gasteiger partial charge in [-0.1, -0.05) is 0 Å². The Balaban J connectivity index is 2.26. The highest BCUT2D eigenvalue weighted by Crippen LogP contribution is 2.29. The number of nitrogens with one attached hydrogen (secondary N) is 1. The first-order valence-electron chi connectivity index (χ1n) is 6.20. The average molecular weight is 268 g/mol. The summed E-state index contributed by atoms with van der Waals surface area (Å²) in [6.45, 7) is 6.79. The Morgan fingerprint density at radius 1 is 1.56 bits per heavy atom. The SMILES string of the molecule is COc1ccsc1C(=O)N1CCCNCC1(C)C. The predicted octanol–water partition coefficient (Wildman–Crippen LogP) is 1.97. The second-order valence-corrected chi connectivity index (χ2v) is 6.03. The Kier molecular flexibility index (Phi) is 3.92. The highest BCUT2D eigenvalue weighted by atomic mass is 32.1. The van der Waals surface area contributed by atoms with Gasteiger partial charge in [-0.2, -0.15) is 0 Å². The minimum Gasteiger partial charge on any atom is -0.495 e. The van der Waals surface area contributed by atoms with Crippen molar-refractivity contribution in [1.82, 2.24) is 10.2 Å². The molecule has 1 fully saturated rings. The second-order valence-electron chi connectivity index (χ2n) is 5.12.